The fraction of sp³-hybridized carbons (Fsp3) is 0.900. The zero-order chi connectivity index (χ0) is 12.0. The van der Waals surface area contributed by atoms with E-state index in [9.17, 15) is 14.9 Å². The van der Waals surface area contributed by atoms with Gasteiger partial charge in [0.2, 0.25) is 6.54 Å². The van der Waals surface area contributed by atoms with Gasteiger partial charge in [-0.2, -0.15) is 0 Å². The minimum Gasteiger partial charge on any atom is -0.466 e. The monoisotopic (exact) mass is 230 g/mol. The lowest BCUT2D eigenvalue weighted by Crippen LogP contribution is -2.42. The van der Waals surface area contributed by atoms with Gasteiger partial charge in [0.15, 0.2) is 0 Å². The molecule has 0 aromatic rings. The Morgan fingerprint density at radius 2 is 2.12 bits per heavy atom. The molecule has 1 aliphatic rings. The normalized spacial score (nSPS) is 19.1. The van der Waals surface area contributed by atoms with Crippen molar-refractivity contribution in [3.63, 3.8) is 0 Å². The molecule has 0 spiro atoms. The molecule has 1 N–H and O–H groups in total. The molecule has 0 aromatic heterocycles. The SMILES string of the molecule is CCOC(=O)CC1(C[N+](=O)[O-])CCNCC1. The minimum absolute atomic E-state index is 0.145. The predicted molar refractivity (Wildman–Crippen MR) is 57.6 cm³/mol. The molecule has 0 atom stereocenters. The second kappa shape index (κ2) is 5.79. The Labute approximate surface area is 94.5 Å². The van der Waals surface area contributed by atoms with Crippen LogP contribution in [-0.2, 0) is 9.53 Å². The van der Waals surface area contributed by atoms with Crippen LogP contribution in [0.3, 0.4) is 0 Å². The zero-order valence-corrected chi connectivity index (χ0v) is 9.53. The van der Waals surface area contributed by atoms with Crippen molar-refractivity contribution in [1.82, 2.24) is 5.32 Å². The molecule has 6 nitrogen and oxygen atoms in total. The van der Waals surface area contributed by atoms with Crippen LogP contribution in [0.5, 0.6) is 0 Å². The van der Waals surface area contributed by atoms with Crippen molar-refractivity contribution in [3.05, 3.63) is 10.1 Å². The molecule has 1 saturated heterocycles. The van der Waals surface area contributed by atoms with Crippen LogP contribution in [0, 0.1) is 15.5 Å². The number of hydrogen-bond donors (Lipinski definition) is 1. The minimum atomic E-state index is -0.513. The molecule has 0 radical (unpaired) electrons. The molecule has 92 valence electrons. The number of hydrogen-bond acceptors (Lipinski definition) is 5. The van der Waals surface area contributed by atoms with Gasteiger partial charge < -0.3 is 10.1 Å². The van der Waals surface area contributed by atoms with Gasteiger partial charge in [0, 0.05) is 10.3 Å². The highest BCUT2D eigenvalue weighted by atomic mass is 16.6. The average Bonchev–Trinajstić information content (AvgIpc) is 2.17. The largest absolute Gasteiger partial charge is 0.466 e. The number of carbonyl (C=O) groups is 1. The summed E-state index contributed by atoms with van der Waals surface area (Å²) in [5.74, 6) is -0.328. The third-order valence-electron chi connectivity index (χ3n) is 2.95. The van der Waals surface area contributed by atoms with Crippen molar-refractivity contribution in [2.45, 2.75) is 26.2 Å². The van der Waals surface area contributed by atoms with Gasteiger partial charge in [-0.3, -0.25) is 14.9 Å². The van der Waals surface area contributed by atoms with E-state index < -0.39 is 5.41 Å². The number of carbonyl (C=O) groups excluding carboxylic acids is 1. The molecule has 0 saturated carbocycles. The third-order valence-corrected chi connectivity index (χ3v) is 2.95. The summed E-state index contributed by atoms with van der Waals surface area (Å²) in [7, 11) is 0. The van der Waals surface area contributed by atoms with Crippen molar-refractivity contribution < 1.29 is 14.5 Å². The summed E-state index contributed by atoms with van der Waals surface area (Å²) >= 11 is 0. The lowest BCUT2D eigenvalue weighted by molar-refractivity contribution is -0.498. The van der Waals surface area contributed by atoms with E-state index in [2.05, 4.69) is 5.32 Å². The molecular weight excluding hydrogens is 212 g/mol. The quantitative estimate of drug-likeness (QED) is 0.424. The summed E-state index contributed by atoms with van der Waals surface area (Å²) in [4.78, 5) is 21.7. The van der Waals surface area contributed by atoms with Gasteiger partial charge in [-0.05, 0) is 32.9 Å². The molecule has 0 bridgehead atoms. The smallest absolute Gasteiger partial charge is 0.306 e. The molecule has 0 aliphatic carbocycles. The van der Waals surface area contributed by atoms with E-state index in [-0.39, 0.29) is 23.9 Å². The zero-order valence-electron chi connectivity index (χ0n) is 9.53. The van der Waals surface area contributed by atoms with E-state index >= 15 is 0 Å². The van der Waals surface area contributed by atoms with Gasteiger partial charge in [-0.25, -0.2) is 0 Å². The predicted octanol–water partition coefficient (Wildman–Crippen LogP) is 0.586. The first kappa shape index (κ1) is 12.9. The second-order valence-electron chi connectivity index (χ2n) is 4.22. The van der Waals surface area contributed by atoms with Crippen molar-refractivity contribution in [2.24, 2.45) is 5.41 Å². The Hall–Kier alpha value is -1.17. The van der Waals surface area contributed by atoms with Crippen LogP contribution in [0.2, 0.25) is 0 Å². The van der Waals surface area contributed by atoms with Crippen molar-refractivity contribution in [1.29, 1.82) is 0 Å². The van der Waals surface area contributed by atoms with E-state index in [0.29, 0.717) is 19.4 Å². The van der Waals surface area contributed by atoms with Crippen LogP contribution in [0.4, 0.5) is 0 Å². The van der Waals surface area contributed by atoms with Crippen LogP contribution in [-0.4, -0.2) is 37.1 Å². The van der Waals surface area contributed by atoms with Crippen LogP contribution in [0.15, 0.2) is 0 Å². The number of ether oxygens (including phenoxy) is 1. The first-order valence-electron chi connectivity index (χ1n) is 5.56. The van der Waals surface area contributed by atoms with Crippen LogP contribution in [0.1, 0.15) is 26.2 Å². The second-order valence-corrected chi connectivity index (χ2v) is 4.22. The molecule has 1 heterocycles. The highest BCUT2D eigenvalue weighted by Gasteiger charge is 2.39. The first-order valence-corrected chi connectivity index (χ1v) is 5.56. The van der Waals surface area contributed by atoms with E-state index in [1.807, 2.05) is 0 Å². The lowest BCUT2D eigenvalue weighted by Gasteiger charge is -2.33. The first-order chi connectivity index (χ1) is 7.58. The number of rotatable bonds is 5. The molecule has 0 unspecified atom stereocenters. The number of nitrogens with one attached hydrogen (secondary N) is 1. The van der Waals surface area contributed by atoms with Gasteiger partial charge in [0.05, 0.1) is 13.0 Å². The molecule has 1 aliphatic heterocycles. The molecule has 6 heteroatoms. The van der Waals surface area contributed by atoms with Crippen LogP contribution >= 0.6 is 0 Å². The number of esters is 1. The van der Waals surface area contributed by atoms with E-state index in [1.165, 1.54) is 0 Å². The molecule has 1 fully saturated rings. The molecule has 1 rings (SSSR count). The maximum absolute atomic E-state index is 11.4. The topological polar surface area (TPSA) is 81.5 Å². The number of nitrogens with zero attached hydrogens (tertiary/aromatic N) is 1. The highest BCUT2D eigenvalue weighted by molar-refractivity contribution is 5.70. The molecule has 16 heavy (non-hydrogen) atoms. The maximum Gasteiger partial charge on any atom is 0.306 e. The van der Waals surface area contributed by atoms with Crippen molar-refractivity contribution >= 4 is 5.97 Å². The molecule has 0 amide bonds. The fourth-order valence-corrected chi connectivity index (χ4v) is 2.14. The summed E-state index contributed by atoms with van der Waals surface area (Å²) < 4.78 is 4.87. The van der Waals surface area contributed by atoms with Crippen molar-refractivity contribution in [3.8, 4) is 0 Å². The summed E-state index contributed by atoms with van der Waals surface area (Å²) in [6.45, 7) is 3.38. The van der Waals surface area contributed by atoms with Crippen molar-refractivity contribution in [2.75, 3.05) is 26.2 Å². The molecule has 0 aromatic carbocycles. The summed E-state index contributed by atoms with van der Waals surface area (Å²) in [6, 6.07) is 0. The number of nitro groups is 1. The van der Waals surface area contributed by atoms with Crippen LogP contribution in [0.25, 0.3) is 0 Å². The van der Waals surface area contributed by atoms with E-state index in [1.54, 1.807) is 6.92 Å². The van der Waals surface area contributed by atoms with Gasteiger partial charge in [0.25, 0.3) is 0 Å². The highest BCUT2D eigenvalue weighted by Crippen LogP contribution is 2.33. The Balaban J connectivity index is 2.62. The standard InChI is InChI=1S/C10H18N2O4/c1-2-16-9(13)7-10(8-12(14)15)3-5-11-6-4-10/h11H,2-8H2,1H3. The van der Waals surface area contributed by atoms with Crippen LogP contribution < -0.4 is 5.32 Å². The molecular formula is C10H18N2O4. The van der Waals surface area contributed by atoms with Gasteiger partial charge in [-0.1, -0.05) is 0 Å². The Kier molecular flexibility index (Phi) is 4.67. The summed E-state index contributed by atoms with van der Waals surface area (Å²) in [5.41, 5.74) is -0.513. The Morgan fingerprint density at radius 3 is 2.62 bits per heavy atom. The average molecular weight is 230 g/mol. The van der Waals surface area contributed by atoms with E-state index in [0.717, 1.165) is 13.1 Å². The third kappa shape index (κ3) is 3.77. The summed E-state index contributed by atoms with van der Waals surface area (Å²) in [5, 5.41) is 13.8. The fourth-order valence-electron chi connectivity index (χ4n) is 2.14. The van der Waals surface area contributed by atoms with E-state index in [4.69, 9.17) is 4.74 Å². The van der Waals surface area contributed by atoms with Gasteiger partial charge >= 0.3 is 5.97 Å². The Morgan fingerprint density at radius 1 is 1.50 bits per heavy atom. The Bertz CT molecular complexity index is 262. The summed E-state index contributed by atoms with van der Waals surface area (Å²) in [6.07, 6.45) is 1.48. The van der Waals surface area contributed by atoms with Gasteiger partial charge in [-0.15, -0.1) is 0 Å². The van der Waals surface area contributed by atoms with Gasteiger partial charge in [0.1, 0.15) is 0 Å². The maximum atomic E-state index is 11.4. The number of piperidine rings is 1. The lowest BCUT2D eigenvalue weighted by atomic mass is 9.76.